The minimum absolute atomic E-state index is 0.0568. The van der Waals surface area contributed by atoms with E-state index >= 15 is 0 Å². The maximum atomic E-state index is 11.4. The van der Waals surface area contributed by atoms with Gasteiger partial charge in [0.1, 0.15) is 0 Å². The number of methoxy groups -OCH3 is 1. The molecule has 0 spiro atoms. The molecular weight excluding hydrogens is 200 g/mol. The van der Waals surface area contributed by atoms with Gasteiger partial charge in [0.15, 0.2) is 5.17 Å². The second-order valence-corrected chi connectivity index (χ2v) is 4.26. The van der Waals surface area contributed by atoms with Gasteiger partial charge < -0.3 is 10.1 Å². The van der Waals surface area contributed by atoms with Gasteiger partial charge >= 0.3 is 0 Å². The number of nitrogens with one attached hydrogen (secondary N) is 1. The first-order chi connectivity index (χ1) is 6.77. The van der Waals surface area contributed by atoms with Crippen molar-refractivity contribution >= 4 is 22.8 Å². The minimum atomic E-state index is 0.0568. The zero-order valence-electron chi connectivity index (χ0n) is 8.58. The average molecular weight is 216 g/mol. The predicted octanol–water partition coefficient (Wildman–Crippen LogP) is 1.02. The van der Waals surface area contributed by atoms with Crippen LogP contribution in [0.5, 0.6) is 0 Å². The second-order valence-electron chi connectivity index (χ2n) is 3.06. The Morgan fingerprint density at radius 1 is 1.64 bits per heavy atom. The summed E-state index contributed by atoms with van der Waals surface area (Å²) in [6, 6.07) is 0. The van der Waals surface area contributed by atoms with Crippen LogP contribution in [0.25, 0.3) is 0 Å². The monoisotopic (exact) mass is 216 g/mol. The number of aliphatic imine (C=N–C) groups is 1. The topological polar surface area (TPSA) is 50.7 Å². The molecule has 4 nitrogen and oxygen atoms in total. The van der Waals surface area contributed by atoms with Crippen molar-refractivity contribution in [2.24, 2.45) is 4.99 Å². The van der Waals surface area contributed by atoms with Crippen molar-refractivity contribution < 1.29 is 9.53 Å². The maximum absolute atomic E-state index is 11.4. The normalized spacial score (nSPS) is 24.3. The Hall–Kier alpha value is -0.550. The number of ether oxygens (including phenoxy) is 1. The molecule has 1 N–H and O–H groups in total. The molecule has 1 heterocycles. The summed E-state index contributed by atoms with van der Waals surface area (Å²) in [5, 5.41) is 3.56. The Kier molecular flexibility index (Phi) is 4.97. The number of rotatable bonds is 5. The van der Waals surface area contributed by atoms with Gasteiger partial charge in [0.25, 0.3) is 0 Å². The molecule has 0 saturated carbocycles. The average Bonchev–Trinajstić information content (AvgIpc) is 2.49. The summed E-state index contributed by atoms with van der Waals surface area (Å²) in [5.74, 6) is 0.0908. The number of amides is 1. The Morgan fingerprint density at radius 2 is 2.43 bits per heavy atom. The lowest BCUT2D eigenvalue weighted by molar-refractivity contribution is -0.118. The molecule has 0 aromatic rings. The highest BCUT2D eigenvalue weighted by atomic mass is 32.2. The minimum Gasteiger partial charge on any atom is -0.383 e. The standard InChI is InChI=1S/C9H16N2O2S/c1-3-4-7-8(12)11-9(14-7)10-5-6-13-2/h7H,3-6H2,1-2H3,(H,10,11,12). The zero-order valence-corrected chi connectivity index (χ0v) is 9.39. The fourth-order valence-electron chi connectivity index (χ4n) is 1.17. The van der Waals surface area contributed by atoms with E-state index < -0.39 is 0 Å². The van der Waals surface area contributed by atoms with Crippen LogP contribution in [0, 0.1) is 0 Å². The second kappa shape index (κ2) is 6.03. The molecule has 0 radical (unpaired) electrons. The van der Waals surface area contributed by atoms with E-state index in [1.54, 1.807) is 7.11 Å². The van der Waals surface area contributed by atoms with Crippen molar-refractivity contribution in [3.05, 3.63) is 0 Å². The summed E-state index contributed by atoms with van der Waals surface area (Å²) in [4.78, 5) is 15.6. The number of amidine groups is 1. The van der Waals surface area contributed by atoms with Gasteiger partial charge in [0.05, 0.1) is 18.4 Å². The van der Waals surface area contributed by atoms with Crippen molar-refractivity contribution in [3.63, 3.8) is 0 Å². The number of carbonyl (C=O) groups is 1. The highest BCUT2D eigenvalue weighted by Crippen LogP contribution is 2.23. The van der Waals surface area contributed by atoms with Crippen LogP contribution >= 0.6 is 11.8 Å². The smallest absolute Gasteiger partial charge is 0.239 e. The number of carbonyl (C=O) groups excluding carboxylic acids is 1. The lowest BCUT2D eigenvalue weighted by Gasteiger charge is -1.99. The Labute approximate surface area is 88.5 Å². The molecule has 0 aromatic heterocycles. The van der Waals surface area contributed by atoms with Gasteiger partial charge in [-0.2, -0.15) is 0 Å². The Morgan fingerprint density at radius 3 is 3.07 bits per heavy atom. The summed E-state index contributed by atoms with van der Waals surface area (Å²) in [6.07, 6.45) is 1.94. The highest BCUT2D eigenvalue weighted by molar-refractivity contribution is 8.15. The number of thioether (sulfide) groups is 1. The Bertz CT molecular complexity index is 231. The lowest BCUT2D eigenvalue weighted by atomic mass is 10.2. The molecule has 1 amide bonds. The quantitative estimate of drug-likeness (QED) is 0.698. The molecule has 0 aromatic carbocycles. The lowest BCUT2D eigenvalue weighted by Crippen LogP contribution is -2.24. The van der Waals surface area contributed by atoms with Crippen molar-refractivity contribution in [3.8, 4) is 0 Å². The predicted molar refractivity (Wildman–Crippen MR) is 58.6 cm³/mol. The molecular formula is C9H16N2O2S. The molecule has 1 unspecified atom stereocenters. The summed E-state index contributed by atoms with van der Waals surface area (Å²) in [7, 11) is 1.64. The summed E-state index contributed by atoms with van der Waals surface area (Å²) in [5.41, 5.74) is 0. The van der Waals surface area contributed by atoms with Crippen LogP contribution in [-0.2, 0) is 9.53 Å². The number of nitrogens with zero attached hydrogens (tertiary/aromatic N) is 1. The zero-order chi connectivity index (χ0) is 10.4. The SMILES string of the molecule is CCCC1SC(=NCCOC)NC1=O. The summed E-state index contributed by atoms with van der Waals surface area (Å²) >= 11 is 1.53. The van der Waals surface area contributed by atoms with Crippen LogP contribution in [-0.4, -0.2) is 36.6 Å². The summed E-state index contributed by atoms with van der Waals surface area (Å²) < 4.78 is 4.87. The molecule has 80 valence electrons. The van der Waals surface area contributed by atoms with Gasteiger partial charge in [-0.25, -0.2) is 0 Å². The molecule has 1 rings (SSSR count). The van der Waals surface area contributed by atoms with E-state index in [-0.39, 0.29) is 11.2 Å². The van der Waals surface area contributed by atoms with E-state index in [9.17, 15) is 4.79 Å². The van der Waals surface area contributed by atoms with Crippen LogP contribution in [0.3, 0.4) is 0 Å². The fourth-order valence-corrected chi connectivity index (χ4v) is 2.29. The molecule has 0 bridgehead atoms. The first-order valence-electron chi connectivity index (χ1n) is 4.78. The van der Waals surface area contributed by atoms with Crippen LogP contribution in [0.15, 0.2) is 4.99 Å². The molecule has 1 saturated heterocycles. The third kappa shape index (κ3) is 3.31. The van der Waals surface area contributed by atoms with Gasteiger partial charge in [-0.15, -0.1) is 0 Å². The van der Waals surface area contributed by atoms with E-state index in [0.717, 1.165) is 18.0 Å². The molecule has 1 aliphatic rings. The number of hydrogen-bond donors (Lipinski definition) is 1. The van der Waals surface area contributed by atoms with Gasteiger partial charge in [-0.05, 0) is 6.42 Å². The van der Waals surface area contributed by atoms with Gasteiger partial charge in [-0.1, -0.05) is 25.1 Å². The van der Waals surface area contributed by atoms with Crippen LogP contribution < -0.4 is 5.32 Å². The molecule has 14 heavy (non-hydrogen) atoms. The maximum Gasteiger partial charge on any atom is 0.239 e. The third-order valence-corrected chi connectivity index (χ3v) is 3.07. The molecule has 5 heteroatoms. The largest absolute Gasteiger partial charge is 0.383 e. The third-order valence-electron chi connectivity index (χ3n) is 1.88. The van der Waals surface area contributed by atoms with Crippen molar-refractivity contribution in [1.82, 2.24) is 5.32 Å². The van der Waals surface area contributed by atoms with Gasteiger partial charge in [0.2, 0.25) is 5.91 Å². The van der Waals surface area contributed by atoms with E-state index in [2.05, 4.69) is 17.2 Å². The van der Waals surface area contributed by atoms with Crippen LogP contribution in [0.2, 0.25) is 0 Å². The van der Waals surface area contributed by atoms with E-state index in [0.29, 0.717) is 13.2 Å². The van der Waals surface area contributed by atoms with E-state index in [4.69, 9.17) is 4.74 Å². The number of hydrogen-bond acceptors (Lipinski definition) is 4. The van der Waals surface area contributed by atoms with Gasteiger partial charge in [0, 0.05) is 7.11 Å². The fraction of sp³-hybridized carbons (Fsp3) is 0.778. The van der Waals surface area contributed by atoms with Crippen LogP contribution in [0.4, 0.5) is 0 Å². The van der Waals surface area contributed by atoms with Gasteiger partial charge in [-0.3, -0.25) is 9.79 Å². The van der Waals surface area contributed by atoms with Crippen molar-refractivity contribution in [1.29, 1.82) is 0 Å². The molecule has 1 fully saturated rings. The molecule has 1 aliphatic heterocycles. The highest BCUT2D eigenvalue weighted by Gasteiger charge is 2.28. The van der Waals surface area contributed by atoms with E-state index in [1.807, 2.05) is 0 Å². The first-order valence-corrected chi connectivity index (χ1v) is 5.66. The van der Waals surface area contributed by atoms with Crippen molar-refractivity contribution in [2.45, 2.75) is 25.0 Å². The van der Waals surface area contributed by atoms with E-state index in [1.165, 1.54) is 11.8 Å². The molecule has 1 atom stereocenters. The Balaban J connectivity index is 2.37. The van der Waals surface area contributed by atoms with Crippen molar-refractivity contribution in [2.75, 3.05) is 20.3 Å². The van der Waals surface area contributed by atoms with Crippen LogP contribution in [0.1, 0.15) is 19.8 Å². The first kappa shape index (κ1) is 11.5. The summed E-state index contributed by atoms with van der Waals surface area (Å²) in [6.45, 7) is 3.28. The molecule has 0 aliphatic carbocycles.